The van der Waals surface area contributed by atoms with E-state index >= 15 is 0 Å². The Bertz CT molecular complexity index is 935. The number of ether oxygens (including phenoxy) is 2. The van der Waals surface area contributed by atoms with Crippen molar-refractivity contribution in [3.05, 3.63) is 48.6 Å². The largest absolute Gasteiger partial charge is 0.480 e. The number of rotatable bonds is 33. The Morgan fingerprint density at radius 2 is 1.23 bits per heavy atom. The van der Waals surface area contributed by atoms with Crippen LogP contribution in [-0.2, 0) is 32.7 Å². The molecule has 0 bridgehead atoms. The van der Waals surface area contributed by atoms with Crippen LogP contribution in [0.2, 0.25) is 0 Å². The molecule has 0 radical (unpaired) electrons. The molecule has 0 aromatic rings. The summed E-state index contributed by atoms with van der Waals surface area (Å²) in [5.41, 5.74) is 5.32. The van der Waals surface area contributed by atoms with E-state index in [0.717, 1.165) is 89.9 Å². The Labute approximate surface area is 284 Å². The summed E-state index contributed by atoms with van der Waals surface area (Å²) in [7, 11) is -4.61. The lowest BCUT2D eigenvalue weighted by atomic mass is 10.1. The van der Waals surface area contributed by atoms with Crippen molar-refractivity contribution in [1.82, 2.24) is 0 Å². The molecule has 0 aliphatic heterocycles. The number of allylic oxidation sites excluding steroid dienone is 8. The van der Waals surface area contributed by atoms with Gasteiger partial charge in [0.1, 0.15) is 12.1 Å². The van der Waals surface area contributed by atoms with Gasteiger partial charge in [0.2, 0.25) is 0 Å². The Hall–Kier alpha value is -2.07. The fraction of sp³-hybridized carbons (Fsp3) is 0.722. The number of hydrogen-bond acceptors (Lipinski definition) is 8. The Morgan fingerprint density at radius 1 is 0.702 bits per heavy atom. The van der Waals surface area contributed by atoms with Crippen molar-refractivity contribution in [3.63, 3.8) is 0 Å². The minimum Gasteiger partial charge on any atom is -0.480 e. The molecule has 0 aliphatic rings. The van der Waals surface area contributed by atoms with Gasteiger partial charge in [0.05, 0.1) is 19.8 Å². The zero-order valence-electron chi connectivity index (χ0n) is 29.1. The van der Waals surface area contributed by atoms with E-state index in [-0.39, 0.29) is 13.0 Å². The molecule has 3 atom stereocenters. The van der Waals surface area contributed by atoms with Crippen LogP contribution in [0.3, 0.4) is 0 Å². The quantitative estimate of drug-likeness (QED) is 0.0264. The van der Waals surface area contributed by atoms with Crippen LogP contribution >= 0.6 is 7.82 Å². The number of carboxylic acids is 1. The van der Waals surface area contributed by atoms with E-state index in [0.29, 0.717) is 13.0 Å². The molecule has 11 heteroatoms. The minimum atomic E-state index is -4.61. The summed E-state index contributed by atoms with van der Waals surface area (Å²) in [6.45, 7) is 3.63. The van der Waals surface area contributed by atoms with Gasteiger partial charge in [-0.2, -0.15) is 0 Å². The molecule has 0 heterocycles. The molecular formula is C36H64NO9P. The molecule has 0 fully saturated rings. The molecule has 0 saturated carbocycles. The Morgan fingerprint density at radius 3 is 1.87 bits per heavy atom. The highest BCUT2D eigenvalue weighted by Crippen LogP contribution is 2.43. The van der Waals surface area contributed by atoms with Gasteiger partial charge in [-0.25, -0.2) is 4.57 Å². The summed E-state index contributed by atoms with van der Waals surface area (Å²) >= 11 is 0. The Kier molecular flexibility index (Phi) is 31.0. The van der Waals surface area contributed by atoms with E-state index in [1.54, 1.807) is 0 Å². The van der Waals surface area contributed by atoms with Gasteiger partial charge >= 0.3 is 19.8 Å². The van der Waals surface area contributed by atoms with E-state index in [2.05, 4.69) is 67.0 Å². The van der Waals surface area contributed by atoms with Crippen molar-refractivity contribution in [2.45, 2.75) is 142 Å². The zero-order valence-corrected chi connectivity index (χ0v) is 30.0. The monoisotopic (exact) mass is 685 g/mol. The Balaban J connectivity index is 4.40. The van der Waals surface area contributed by atoms with E-state index in [1.807, 2.05) is 0 Å². The molecule has 3 unspecified atom stereocenters. The SMILES string of the molecule is CC/C=C\C/C=C\C/C=C\CCCCCCOCC(COP(=O)(O)OCC(N)C(=O)O)OC(=O)CCCCCCC/C=C\CCCC. The van der Waals surface area contributed by atoms with Crippen molar-refractivity contribution in [1.29, 1.82) is 0 Å². The number of nitrogens with two attached hydrogens (primary N) is 1. The van der Waals surface area contributed by atoms with Gasteiger partial charge in [-0.05, 0) is 64.2 Å². The van der Waals surface area contributed by atoms with E-state index in [1.165, 1.54) is 12.8 Å². The standard InChI is InChI=1S/C36H64NO9P/c1-3-5-7-9-11-13-15-16-17-19-21-23-25-27-29-43-30-33(31-44-47(41,42)45-32-34(37)36(39)40)46-35(38)28-26-24-22-20-18-14-12-10-8-6-4-2/h5,7,10-13,16-17,33-34H,3-4,6,8-9,14-15,18-32,37H2,1-2H3,(H,39,40)(H,41,42)/b7-5-,12-10-,13-11-,17-16-. The van der Waals surface area contributed by atoms with Gasteiger partial charge in [0.25, 0.3) is 0 Å². The molecule has 0 aromatic heterocycles. The van der Waals surface area contributed by atoms with Crippen LogP contribution < -0.4 is 5.73 Å². The molecule has 10 nitrogen and oxygen atoms in total. The second-order valence-corrected chi connectivity index (χ2v) is 13.1. The van der Waals surface area contributed by atoms with Gasteiger partial charge in [-0.1, -0.05) is 107 Å². The highest BCUT2D eigenvalue weighted by molar-refractivity contribution is 7.47. The number of hydrogen-bond donors (Lipinski definition) is 3. The molecule has 0 spiro atoms. The van der Waals surface area contributed by atoms with Crippen molar-refractivity contribution < 1.29 is 42.7 Å². The third-order valence-electron chi connectivity index (χ3n) is 7.09. The predicted molar refractivity (Wildman–Crippen MR) is 189 cm³/mol. The van der Waals surface area contributed by atoms with Crippen LogP contribution in [0, 0.1) is 0 Å². The van der Waals surface area contributed by atoms with Gasteiger partial charge in [-0.3, -0.25) is 18.6 Å². The van der Waals surface area contributed by atoms with Gasteiger partial charge < -0.3 is 25.2 Å². The topological polar surface area (TPSA) is 155 Å². The van der Waals surface area contributed by atoms with Gasteiger partial charge in [0.15, 0.2) is 0 Å². The number of esters is 1. The maximum atomic E-state index is 12.5. The van der Waals surface area contributed by atoms with Gasteiger partial charge in [-0.15, -0.1) is 0 Å². The minimum absolute atomic E-state index is 0.00333. The fourth-order valence-electron chi connectivity index (χ4n) is 4.30. The molecule has 0 aromatic carbocycles. The van der Waals surface area contributed by atoms with E-state index < -0.39 is 45.1 Å². The first-order chi connectivity index (χ1) is 22.7. The van der Waals surface area contributed by atoms with E-state index in [4.69, 9.17) is 24.8 Å². The summed E-state index contributed by atoms with van der Waals surface area (Å²) in [6, 6.07) is -1.48. The molecule has 0 amide bonds. The number of phosphoric acid groups is 1. The van der Waals surface area contributed by atoms with Crippen molar-refractivity contribution >= 4 is 19.8 Å². The molecule has 272 valence electrons. The van der Waals surface area contributed by atoms with E-state index in [9.17, 15) is 19.0 Å². The first-order valence-electron chi connectivity index (χ1n) is 17.7. The van der Waals surface area contributed by atoms with Crippen LogP contribution in [0.5, 0.6) is 0 Å². The van der Waals surface area contributed by atoms with Crippen LogP contribution in [0.15, 0.2) is 48.6 Å². The molecule has 0 aliphatic carbocycles. The highest BCUT2D eigenvalue weighted by Gasteiger charge is 2.27. The number of phosphoric ester groups is 1. The first kappa shape index (κ1) is 44.9. The summed E-state index contributed by atoms with van der Waals surface area (Å²) in [4.78, 5) is 33.3. The third kappa shape index (κ3) is 32.3. The van der Waals surface area contributed by atoms with Crippen LogP contribution in [0.1, 0.15) is 129 Å². The number of aliphatic carboxylic acids is 1. The van der Waals surface area contributed by atoms with Crippen LogP contribution in [0.25, 0.3) is 0 Å². The fourth-order valence-corrected chi connectivity index (χ4v) is 5.08. The molecule has 47 heavy (non-hydrogen) atoms. The molecule has 4 N–H and O–H groups in total. The second kappa shape index (κ2) is 32.5. The van der Waals surface area contributed by atoms with Crippen LogP contribution in [-0.4, -0.2) is 60.5 Å². The summed E-state index contributed by atoms with van der Waals surface area (Å²) in [6.07, 6.45) is 34.6. The molecule has 0 saturated heterocycles. The zero-order chi connectivity index (χ0) is 34.9. The maximum absolute atomic E-state index is 12.5. The third-order valence-corrected chi connectivity index (χ3v) is 8.04. The van der Waals surface area contributed by atoms with Crippen molar-refractivity contribution in [2.75, 3.05) is 26.4 Å². The van der Waals surface area contributed by atoms with Crippen molar-refractivity contribution in [3.8, 4) is 0 Å². The maximum Gasteiger partial charge on any atom is 0.472 e. The predicted octanol–water partition coefficient (Wildman–Crippen LogP) is 8.75. The molecule has 0 rings (SSSR count). The number of unbranched alkanes of at least 4 members (excludes halogenated alkanes) is 11. The normalized spacial score (nSPS) is 14.8. The van der Waals surface area contributed by atoms with Crippen molar-refractivity contribution in [2.24, 2.45) is 5.73 Å². The first-order valence-corrected chi connectivity index (χ1v) is 19.2. The number of carboxylic acid groups (broad SMARTS) is 1. The number of carbonyl (C=O) groups is 2. The summed E-state index contributed by atoms with van der Waals surface area (Å²) in [5.74, 6) is -1.81. The smallest absolute Gasteiger partial charge is 0.472 e. The lowest BCUT2D eigenvalue weighted by Crippen LogP contribution is -2.34. The molecular weight excluding hydrogens is 621 g/mol. The summed E-state index contributed by atoms with van der Waals surface area (Å²) in [5, 5.41) is 8.84. The lowest BCUT2D eigenvalue weighted by molar-refractivity contribution is -0.154. The highest BCUT2D eigenvalue weighted by atomic mass is 31.2. The number of carbonyl (C=O) groups excluding carboxylic acids is 1. The second-order valence-electron chi connectivity index (χ2n) is 11.6. The lowest BCUT2D eigenvalue weighted by Gasteiger charge is -2.20. The summed E-state index contributed by atoms with van der Waals surface area (Å²) < 4.78 is 33.1. The van der Waals surface area contributed by atoms with Crippen LogP contribution in [0.4, 0.5) is 0 Å². The average Bonchev–Trinajstić information content (AvgIpc) is 3.04. The average molecular weight is 686 g/mol. The van der Waals surface area contributed by atoms with Gasteiger partial charge in [0, 0.05) is 13.0 Å².